The zero-order chi connectivity index (χ0) is 13.9. The van der Waals surface area contributed by atoms with Gasteiger partial charge in [0, 0.05) is 18.2 Å². The van der Waals surface area contributed by atoms with Gasteiger partial charge in [0.25, 0.3) is 0 Å². The molecule has 1 aliphatic rings. The van der Waals surface area contributed by atoms with Gasteiger partial charge in [0.1, 0.15) is 12.4 Å². The Morgan fingerprint density at radius 3 is 2.80 bits per heavy atom. The van der Waals surface area contributed by atoms with E-state index in [0.717, 1.165) is 17.9 Å². The Morgan fingerprint density at radius 2 is 2.05 bits per heavy atom. The van der Waals surface area contributed by atoms with E-state index in [-0.39, 0.29) is 0 Å². The van der Waals surface area contributed by atoms with Crippen molar-refractivity contribution in [3.63, 3.8) is 0 Å². The summed E-state index contributed by atoms with van der Waals surface area (Å²) in [7, 11) is 0. The lowest BCUT2D eigenvalue weighted by molar-refractivity contribution is 0.348. The Labute approximate surface area is 120 Å². The first-order valence-corrected chi connectivity index (χ1v) is 7.25. The maximum atomic E-state index is 5.92. The molecule has 0 aromatic heterocycles. The van der Waals surface area contributed by atoms with E-state index in [2.05, 4.69) is 48.3 Å². The van der Waals surface area contributed by atoms with Crippen LogP contribution in [-0.2, 0) is 6.54 Å². The lowest BCUT2D eigenvalue weighted by Crippen LogP contribution is -2.16. The Kier molecular flexibility index (Phi) is 3.75. The molecule has 0 atom stereocenters. The molecule has 0 heterocycles. The molecule has 0 amide bonds. The normalized spacial score (nSPS) is 14.4. The van der Waals surface area contributed by atoms with Crippen molar-refractivity contribution in [2.24, 2.45) is 0 Å². The molecule has 1 N–H and O–H groups in total. The molecule has 0 saturated heterocycles. The highest BCUT2D eigenvalue weighted by atomic mass is 16.5. The van der Waals surface area contributed by atoms with E-state index in [1.165, 1.54) is 29.2 Å². The van der Waals surface area contributed by atoms with Gasteiger partial charge < -0.3 is 10.1 Å². The molecule has 0 aliphatic heterocycles. The van der Waals surface area contributed by atoms with Crippen LogP contribution in [0.5, 0.6) is 5.75 Å². The quantitative estimate of drug-likeness (QED) is 0.797. The standard InChI is InChI=1S/C18H21NO/c1-13(2)12-20-18-10-7-14-5-3-4-6-16(14)17(18)11-19-15-8-9-15/h3-7,10,15,19H,1,8-9,11-12H2,2H3. The summed E-state index contributed by atoms with van der Waals surface area (Å²) in [5.74, 6) is 0.972. The first-order chi connectivity index (χ1) is 9.74. The number of hydrogen-bond acceptors (Lipinski definition) is 2. The van der Waals surface area contributed by atoms with E-state index in [1.54, 1.807) is 0 Å². The summed E-state index contributed by atoms with van der Waals surface area (Å²) in [4.78, 5) is 0. The van der Waals surface area contributed by atoms with E-state index in [1.807, 2.05) is 6.92 Å². The van der Waals surface area contributed by atoms with Crippen LogP contribution < -0.4 is 10.1 Å². The summed E-state index contributed by atoms with van der Waals surface area (Å²) in [5, 5.41) is 6.13. The Hall–Kier alpha value is -1.80. The van der Waals surface area contributed by atoms with Crippen LogP contribution in [0.15, 0.2) is 48.6 Å². The molecule has 104 valence electrons. The Bertz CT molecular complexity index is 628. The van der Waals surface area contributed by atoms with Crippen molar-refractivity contribution in [2.75, 3.05) is 6.61 Å². The fraction of sp³-hybridized carbons (Fsp3) is 0.333. The first-order valence-electron chi connectivity index (χ1n) is 7.25. The molecule has 1 aliphatic carbocycles. The van der Waals surface area contributed by atoms with Crippen molar-refractivity contribution in [2.45, 2.75) is 32.4 Å². The van der Waals surface area contributed by atoms with Gasteiger partial charge in [0.15, 0.2) is 0 Å². The number of nitrogens with one attached hydrogen (secondary N) is 1. The maximum absolute atomic E-state index is 5.92. The number of fused-ring (bicyclic) bond motifs is 1. The van der Waals surface area contributed by atoms with Crippen LogP contribution in [0.3, 0.4) is 0 Å². The number of ether oxygens (including phenoxy) is 1. The maximum Gasteiger partial charge on any atom is 0.124 e. The highest BCUT2D eigenvalue weighted by Gasteiger charge is 2.21. The predicted molar refractivity (Wildman–Crippen MR) is 84.1 cm³/mol. The third-order valence-corrected chi connectivity index (χ3v) is 3.62. The van der Waals surface area contributed by atoms with Crippen LogP contribution >= 0.6 is 0 Å². The minimum atomic E-state index is 0.578. The molecule has 1 fully saturated rings. The number of benzene rings is 2. The van der Waals surface area contributed by atoms with E-state index in [4.69, 9.17) is 4.74 Å². The number of rotatable bonds is 6. The Balaban J connectivity index is 1.93. The van der Waals surface area contributed by atoms with Crippen molar-refractivity contribution < 1.29 is 4.74 Å². The summed E-state index contributed by atoms with van der Waals surface area (Å²) in [6.45, 7) is 7.35. The van der Waals surface area contributed by atoms with Gasteiger partial charge in [-0.1, -0.05) is 36.9 Å². The van der Waals surface area contributed by atoms with E-state index in [9.17, 15) is 0 Å². The molecule has 0 radical (unpaired) electrons. The zero-order valence-electron chi connectivity index (χ0n) is 12.0. The third-order valence-electron chi connectivity index (χ3n) is 3.62. The van der Waals surface area contributed by atoms with Crippen molar-refractivity contribution in [1.82, 2.24) is 5.32 Å². The van der Waals surface area contributed by atoms with Crippen molar-refractivity contribution in [3.8, 4) is 5.75 Å². The molecule has 2 nitrogen and oxygen atoms in total. The van der Waals surface area contributed by atoms with Gasteiger partial charge in [-0.05, 0) is 42.2 Å². The van der Waals surface area contributed by atoms with Crippen LogP contribution in [-0.4, -0.2) is 12.6 Å². The average molecular weight is 267 g/mol. The van der Waals surface area contributed by atoms with Crippen molar-refractivity contribution in [1.29, 1.82) is 0 Å². The zero-order valence-corrected chi connectivity index (χ0v) is 12.0. The Morgan fingerprint density at radius 1 is 1.25 bits per heavy atom. The van der Waals surface area contributed by atoms with Gasteiger partial charge in [-0.3, -0.25) is 0 Å². The largest absolute Gasteiger partial charge is 0.489 e. The van der Waals surface area contributed by atoms with Crippen LogP contribution in [0.1, 0.15) is 25.3 Å². The monoisotopic (exact) mass is 267 g/mol. The molecule has 0 unspecified atom stereocenters. The van der Waals surface area contributed by atoms with E-state index >= 15 is 0 Å². The molecule has 0 bridgehead atoms. The molecular formula is C18H21NO. The SMILES string of the molecule is C=C(C)COc1ccc2ccccc2c1CNC1CC1. The van der Waals surface area contributed by atoms with Gasteiger partial charge in [0.2, 0.25) is 0 Å². The van der Waals surface area contributed by atoms with Gasteiger partial charge in [0.05, 0.1) is 0 Å². The highest BCUT2D eigenvalue weighted by molar-refractivity contribution is 5.87. The second kappa shape index (κ2) is 5.68. The molecule has 20 heavy (non-hydrogen) atoms. The highest BCUT2D eigenvalue weighted by Crippen LogP contribution is 2.29. The molecule has 0 spiro atoms. The van der Waals surface area contributed by atoms with Crippen LogP contribution in [0.2, 0.25) is 0 Å². The van der Waals surface area contributed by atoms with Gasteiger partial charge in [-0.2, -0.15) is 0 Å². The van der Waals surface area contributed by atoms with E-state index < -0.39 is 0 Å². The topological polar surface area (TPSA) is 21.3 Å². The smallest absolute Gasteiger partial charge is 0.124 e. The summed E-state index contributed by atoms with van der Waals surface area (Å²) < 4.78 is 5.92. The molecule has 2 heteroatoms. The summed E-state index contributed by atoms with van der Waals surface area (Å²) >= 11 is 0. The minimum Gasteiger partial charge on any atom is -0.489 e. The molecular weight excluding hydrogens is 246 g/mol. The lowest BCUT2D eigenvalue weighted by Gasteiger charge is -2.15. The second-order valence-corrected chi connectivity index (χ2v) is 5.66. The summed E-state index contributed by atoms with van der Waals surface area (Å²) in [5.41, 5.74) is 2.30. The third kappa shape index (κ3) is 3.02. The minimum absolute atomic E-state index is 0.578. The van der Waals surface area contributed by atoms with Crippen molar-refractivity contribution >= 4 is 10.8 Å². The number of hydrogen-bond donors (Lipinski definition) is 1. The first kappa shape index (κ1) is 13.2. The second-order valence-electron chi connectivity index (χ2n) is 5.66. The molecule has 2 aromatic carbocycles. The van der Waals surface area contributed by atoms with E-state index in [0.29, 0.717) is 12.6 Å². The molecule has 1 saturated carbocycles. The summed E-state index contributed by atoms with van der Waals surface area (Å²) in [6.07, 6.45) is 2.60. The van der Waals surface area contributed by atoms with Gasteiger partial charge in [-0.15, -0.1) is 0 Å². The average Bonchev–Trinajstić information content (AvgIpc) is 3.27. The molecule has 3 rings (SSSR count). The fourth-order valence-corrected chi connectivity index (χ4v) is 2.37. The molecule has 2 aromatic rings. The van der Waals surface area contributed by atoms with Crippen LogP contribution in [0, 0.1) is 0 Å². The van der Waals surface area contributed by atoms with Crippen molar-refractivity contribution in [3.05, 3.63) is 54.1 Å². The van der Waals surface area contributed by atoms with Crippen LogP contribution in [0.25, 0.3) is 10.8 Å². The van der Waals surface area contributed by atoms with Crippen LogP contribution in [0.4, 0.5) is 0 Å². The van der Waals surface area contributed by atoms with Gasteiger partial charge in [-0.25, -0.2) is 0 Å². The lowest BCUT2D eigenvalue weighted by atomic mass is 10.0. The fourth-order valence-electron chi connectivity index (χ4n) is 2.37. The summed E-state index contributed by atoms with van der Waals surface area (Å²) in [6, 6.07) is 13.4. The predicted octanol–water partition coefficient (Wildman–Crippen LogP) is 4.05. The van der Waals surface area contributed by atoms with Gasteiger partial charge >= 0.3 is 0 Å².